The molecule has 0 spiro atoms. The molecule has 1 aliphatic rings. The van der Waals surface area contributed by atoms with E-state index in [0.29, 0.717) is 5.69 Å². The minimum Gasteiger partial charge on any atom is -0.355 e. The van der Waals surface area contributed by atoms with Crippen molar-refractivity contribution < 1.29 is 8.42 Å². The van der Waals surface area contributed by atoms with Gasteiger partial charge in [-0.2, -0.15) is 0 Å². The molecule has 4 rings (SSSR count). The largest absolute Gasteiger partial charge is 0.355 e. The van der Waals surface area contributed by atoms with Crippen LogP contribution in [0.5, 0.6) is 0 Å². The number of benzene rings is 2. The fourth-order valence-electron chi connectivity index (χ4n) is 3.43. The minimum atomic E-state index is -3.31. The van der Waals surface area contributed by atoms with Crippen molar-refractivity contribution in [3.8, 4) is 11.1 Å². The maximum Gasteiger partial charge on any atom is 0.229 e. The Morgan fingerprint density at radius 1 is 0.963 bits per heavy atom. The Morgan fingerprint density at radius 3 is 2.52 bits per heavy atom. The molecule has 7 heteroatoms. The number of nitrogens with zero attached hydrogens (tertiary/aromatic N) is 3. The van der Waals surface area contributed by atoms with Gasteiger partial charge in [0.1, 0.15) is 5.82 Å². The van der Waals surface area contributed by atoms with Gasteiger partial charge >= 0.3 is 0 Å². The second-order valence-electron chi connectivity index (χ2n) is 6.93. The number of rotatable bonds is 4. The van der Waals surface area contributed by atoms with Gasteiger partial charge in [0, 0.05) is 18.8 Å². The molecule has 3 aromatic rings. The predicted molar refractivity (Wildman–Crippen MR) is 110 cm³/mol. The number of anilines is 2. The van der Waals surface area contributed by atoms with E-state index in [4.69, 9.17) is 4.98 Å². The SMILES string of the molecule is CS(=O)(=O)Nc1cccc(-c2ccc3ncc(N4CCCCC4)nc3c2)c1. The quantitative estimate of drug-likeness (QED) is 0.745. The topological polar surface area (TPSA) is 75.2 Å². The number of hydrogen-bond donors (Lipinski definition) is 1. The summed E-state index contributed by atoms with van der Waals surface area (Å²) in [6.07, 6.45) is 6.66. The molecule has 1 fully saturated rings. The van der Waals surface area contributed by atoms with Crippen molar-refractivity contribution in [2.75, 3.05) is 29.0 Å². The number of aromatic nitrogens is 2. The van der Waals surface area contributed by atoms with Crippen molar-refractivity contribution >= 4 is 32.6 Å². The molecule has 0 bridgehead atoms. The highest BCUT2D eigenvalue weighted by atomic mass is 32.2. The van der Waals surface area contributed by atoms with Gasteiger partial charge in [0.05, 0.1) is 23.5 Å². The summed E-state index contributed by atoms with van der Waals surface area (Å²) < 4.78 is 25.5. The van der Waals surface area contributed by atoms with Crippen LogP contribution in [0.1, 0.15) is 19.3 Å². The van der Waals surface area contributed by atoms with Crippen LogP contribution < -0.4 is 9.62 Å². The number of sulfonamides is 1. The van der Waals surface area contributed by atoms with Gasteiger partial charge in [-0.1, -0.05) is 18.2 Å². The van der Waals surface area contributed by atoms with Crippen LogP contribution in [0, 0.1) is 0 Å². The average Bonchev–Trinajstić information content (AvgIpc) is 2.67. The van der Waals surface area contributed by atoms with Crippen LogP contribution in [0.2, 0.25) is 0 Å². The van der Waals surface area contributed by atoms with Crippen molar-refractivity contribution in [1.82, 2.24) is 9.97 Å². The smallest absolute Gasteiger partial charge is 0.229 e. The van der Waals surface area contributed by atoms with Crippen molar-refractivity contribution in [2.45, 2.75) is 19.3 Å². The highest BCUT2D eigenvalue weighted by molar-refractivity contribution is 7.92. The third kappa shape index (κ3) is 4.19. The molecule has 1 aromatic heterocycles. The van der Waals surface area contributed by atoms with E-state index in [2.05, 4.69) is 14.6 Å². The van der Waals surface area contributed by atoms with E-state index < -0.39 is 10.0 Å². The molecule has 140 valence electrons. The molecule has 0 atom stereocenters. The van der Waals surface area contributed by atoms with Crippen LogP contribution in [0.25, 0.3) is 22.2 Å². The first-order chi connectivity index (χ1) is 13.0. The van der Waals surface area contributed by atoms with Crippen LogP contribution >= 0.6 is 0 Å². The fourth-order valence-corrected chi connectivity index (χ4v) is 3.99. The maximum absolute atomic E-state index is 11.5. The Balaban J connectivity index is 1.69. The molecule has 0 unspecified atom stereocenters. The summed E-state index contributed by atoms with van der Waals surface area (Å²) in [5, 5.41) is 0. The van der Waals surface area contributed by atoms with Gasteiger partial charge in [0.15, 0.2) is 0 Å². The zero-order chi connectivity index (χ0) is 18.9. The summed E-state index contributed by atoms with van der Waals surface area (Å²) in [5.41, 5.74) is 4.14. The Labute approximate surface area is 159 Å². The van der Waals surface area contributed by atoms with E-state index in [1.807, 2.05) is 42.6 Å². The first kappa shape index (κ1) is 17.7. The van der Waals surface area contributed by atoms with Gasteiger partial charge in [-0.25, -0.2) is 13.4 Å². The van der Waals surface area contributed by atoms with Gasteiger partial charge < -0.3 is 4.90 Å². The molecule has 27 heavy (non-hydrogen) atoms. The summed E-state index contributed by atoms with van der Waals surface area (Å²) in [5.74, 6) is 0.923. The lowest BCUT2D eigenvalue weighted by molar-refractivity contribution is 0.573. The predicted octanol–water partition coefficient (Wildman–Crippen LogP) is 3.66. The second kappa shape index (κ2) is 7.15. The van der Waals surface area contributed by atoms with Gasteiger partial charge in [-0.15, -0.1) is 0 Å². The zero-order valence-electron chi connectivity index (χ0n) is 15.2. The third-order valence-electron chi connectivity index (χ3n) is 4.71. The highest BCUT2D eigenvalue weighted by Gasteiger charge is 2.13. The van der Waals surface area contributed by atoms with E-state index in [-0.39, 0.29) is 0 Å². The highest BCUT2D eigenvalue weighted by Crippen LogP contribution is 2.27. The van der Waals surface area contributed by atoms with Gasteiger partial charge in [-0.3, -0.25) is 9.71 Å². The van der Waals surface area contributed by atoms with Crippen molar-refractivity contribution in [3.05, 3.63) is 48.7 Å². The molecule has 0 amide bonds. The molecule has 0 radical (unpaired) electrons. The number of hydrogen-bond acceptors (Lipinski definition) is 5. The molecular weight excluding hydrogens is 360 g/mol. The monoisotopic (exact) mass is 382 g/mol. The molecule has 6 nitrogen and oxygen atoms in total. The normalized spacial score (nSPS) is 15.1. The Morgan fingerprint density at radius 2 is 1.74 bits per heavy atom. The van der Waals surface area contributed by atoms with Crippen molar-refractivity contribution in [2.24, 2.45) is 0 Å². The molecule has 0 aliphatic carbocycles. The van der Waals surface area contributed by atoms with E-state index in [9.17, 15) is 8.42 Å². The van der Waals surface area contributed by atoms with Crippen molar-refractivity contribution in [1.29, 1.82) is 0 Å². The zero-order valence-corrected chi connectivity index (χ0v) is 16.0. The van der Waals surface area contributed by atoms with Crippen LogP contribution in [-0.2, 0) is 10.0 Å². The van der Waals surface area contributed by atoms with Crippen LogP contribution in [0.3, 0.4) is 0 Å². The third-order valence-corrected chi connectivity index (χ3v) is 5.32. The van der Waals surface area contributed by atoms with Crippen LogP contribution in [-0.4, -0.2) is 37.7 Å². The van der Waals surface area contributed by atoms with Crippen LogP contribution in [0.4, 0.5) is 11.5 Å². The number of piperidine rings is 1. The summed E-state index contributed by atoms with van der Waals surface area (Å²) in [7, 11) is -3.31. The maximum atomic E-state index is 11.5. The summed E-state index contributed by atoms with van der Waals surface area (Å²) in [6.45, 7) is 2.05. The minimum absolute atomic E-state index is 0.545. The summed E-state index contributed by atoms with van der Waals surface area (Å²) >= 11 is 0. The van der Waals surface area contributed by atoms with E-state index in [1.165, 1.54) is 19.3 Å². The first-order valence-corrected chi connectivity index (χ1v) is 11.0. The van der Waals surface area contributed by atoms with E-state index in [1.54, 1.807) is 6.07 Å². The lowest BCUT2D eigenvalue weighted by atomic mass is 10.0. The van der Waals surface area contributed by atoms with Gasteiger partial charge in [-0.05, 0) is 54.7 Å². The van der Waals surface area contributed by atoms with E-state index >= 15 is 0 Å². The standard InChI is InChI=1S/C20H22N4O2S/c1-27(25,26)23-17-7-5-6-15(12-17)16-8-9-18-19(13-16)22-20(14-21-18)24-10-3-2-4-11-24/h5-9,12-14,23H,2-4,10-11H2,1H3. The van der Waals surface area contributed by atoms with Gasteiger partial charge in [0.2, 0.25) is 10.0 Å². The molecule has 2 aromatic carbocycles. The molecule has 0 saturated carbocycles. The van der Waals surface area contributed by atoms with Gasteiger partial charge in [0.25, 0.3) is 0 Å². The molecule has 1 aliphatic heterocycles. The molecule has 1 saturated heterocycles. The second-order valence-corrected chi connectivity index (χ2v) is 8.68. The Bertz CT molecular complexity index is 1080. The number of fused-ring (bicyclic) bond motifs is 1. The molecule has 2 heterocycles. The Hall–Kier alpha value is -2.67. The van der Waals surface area contributed by atoms with Crippen molar-refractivity contribution in [3.63, 3.8) is 0 Å². The molecular formula is C20H22N4O2S. The Kier molecular flexibility index (Phi) is 4.70. The fraction of sp³-hybridized carbons (Fsp3) is 0.300. The lowest BCUT2D eigenvalue weighted by Crippen LogP contribution is -2.30. The lowest BCUT2D eigenvalue weighted by Gasteiger charge is -2.27. The van der Waals surface area contributed by atoms with Crippen LogP contribution in [0.15, 0.2) is 48.7 Å². The average molecular weight is 382 g/mol. The number of nitrogens with one attached hydrogen (secondary N) is 1. The van der Waals surface area contributed by atoms with E-state index in [0.717, 1.165) is 47.3 Å². The molecule has 1 N–H and O–H groups in total. The summed E-state index contributed by atoms with van der Waals surface area (Å²) in [6, 6.07) is 13.3. The summed E-state index contributed by atoms with van der Waals surface area (Å²) in [4.78, 5) is 11.7. The first-order valence-electron chi connectivity index (χ1n) is 9.08.